The molecular formula is C19H22N2O2. The van der Waals surface area contributed by atoms with E-state index in [0.717, 1.165) is 24.3 Å². The third-order valence-electron chi connectivity index (χ3n) is 4.03. The molecule has 0 bridgehead atoms. The summed E-state index contributed by atoms with van der Waals surface area (Å²) in [6, 6.07) is 16.0. The molecule has 2 aromatic rings. The number of carbonyl (C=O) groups excluding carboxylic acids is 1. The zero-order valence-electron chi connectivity index (χ0n) is 13.8. The van der Waals surface area contributed by atoms with Gasteiger partial charge in [-0.15, -0.1) is 0 Å². The summed E-state index contributed by atoms with van der Waals surface area (Å²) >= 11 is 0. The van der Waals surface area contributed by atoms with Crippen LogP contribution in [0, 0.1) is 0 Å². The topological polar surface area (TPSA) is 41.6 Å². The lowest BCUT2D eigenvalue weighted by atomic mass is 9.98. The van der Waals surface area contributed by atoms with Gasteiger partial charge in [0.15, 0.2) is 0 Å². The molecule has 0 amide bonds. The van der Waals surface area contributed by atoms with Crippen molar-refractivity contribution in [1.29, 1.82) is 0 Å². The van der Waals surface area contributed by atoms with E-state index >= 15 is 0 Å². The molecule has 0 saturated heterocycles. The van der Waals surface area contributed by atoms with Crippen LogP contribution in [0.25, 0.3) is 0 Å². The van der Waals surface area contributed by atoms with Crippen molar-refractivity contribution >= 4 is 17.3 Å². The zero-order valence-corrected chi connectivity index (χ0v) is 13.8. The van der Waals surface area contributed by atoms with Gasteiger partial charge in [0.25, 0.3) is 0 Å². The molecule has 0 aromatic heterocycles. The Hall–Kier alpha value is -2.49. The number of benzene rings is 2. The maximum Gasteiger partial charge on any atom is 0.337 e. The number of carbonyl (C=O) groups is 1. The first-order valence-corrected chi connectivity index (χ1v) is 7.78. The molecule has 4 heteroatoms. The summed E-state index contributed by atoms with van der Waals surface area (Å²) in [4.78, 5) is 14.1. The number of fused-ring (bicyclic) bond motifs is 1. The van der Waals surface area contributed by atoms with Crippen molar-refractivity contribution in [3.63, 3.8) is 0 Å². The number of hydrogen-bond donors (Lipinski definition) is 1. The first kappa shape index (κ1) is 15.4. The summed E-state index contributed by atoms with van der Waals surface area (Å²) in [6.45, 7) is 6.04. The fourth-order valence-electron chi connectivity index (χ4n) is 3.10. The lowest BCUT2D eigenvalue weighted by molar-refractivity contribution is 0.0600. The standard InChI is InChI=1S/C19H22N2O2/c1-19(2)13-21(17-10-5-4-9-16(17)20-19)12-14-7-6-8-15(11-14)18(22)23-3/h4-11,20H,12-13H2,1-3H3. The smallest absolute Gasteiger partial charge is 0.337 e. The van der Waals surface area contributed by atoms with Crippen molar-refractivity contribution in [2.75, 3.05) is 23.9 Å². The van der Waals surface area contributed by atoms with E-state index in [4.69, 9.17) is 4.74 Å². The Morgan fingerprint density at radius 1 is 1.22 bits per heavy atom. The van der Waals surface area contributed by atoms with Gasteiger partial charge in [0.1, 0.15) is 0 Å². The second-order valence-electron chi connectivity index (χ2n) is 6.57. The summed E-state index contributed by atoms with van der Waals surface area (Å²) in [5, 5.41) is 3.57. The molecule has 0 unspecified atom stereocenters. The Bertz CT molecular complexity index is 725. The fraction of sp³-hybridized carbons (Fsp3) is 0.316. The molecule has 1 aliphatic heterocycles. The Morgan fingerprint density at radius 3 is 2.78 bits per heavy atom. The van der Waals surface area contributed by atoms with E-state index in [2.05, 4.69) is 42.3 Å². The molecule has 0 fully saturated rings. The normalized spacial score (nSPS) is 15.5. The molecule has 23 heavy (non-hydrogen) atoms. The Morgan fingerprint density at radius 2 is 2.00 bits per heavy atom. The van der Waals surface area contributed by atoms with E-state index < -0.39 is 0 Å². The predicted molar refractivity (Wildman–Crippen MR) is 93.0 cm³/mol. The first-order chi connectivity index (χ1) is 11.0. The molecule has 1 N–H and O–H groups in total. The predicted octanol–water partition coefficient (Wildman–Crippen LogP) is 3.68. The monoisotopic (exact) mass is 310 g/mol. The van der Waals surface area contributed by atoms with E-state index in [1.54, 1.807) is 6.07 Å². The third-order valence-corrected chi connectivity index (χ3v) is 4.03. The number of ether oxygens (including phenoxy) is 1. The summed E-state index contributed by atoms with van der Waals surface area (Å²) < 4.78 is 4.81. The number of methoxy groups -OCH3 is 1. The first-order valence-electron chi connectivity index (χ1n) is 7.78. The van der Waals surface area contributed by atoms with Crippen LogP contribution in [0.4, 0.5) is 11.4 Å². The van der Waals surface area contributed by atoms with Gasteiger partial charge in [-0.2, -0.15) is 0 Å². The van der Waals surface area contributed by atoms with Gasteiger partial charge in [0.05, 0.1) is 24.0 Å². The van der Waals surface area contributed by atoms with Crippen LogP contribution in [-0.4, -0.2) is 25.2 Å². The highest BCUT2D eigenvalue weighted by Gasteiger charge is 2.29. The number of hydrogen-bond acceptors (Lipinski definition) is 4. The summed E-state index contributed by atoms with van der Waals surface area (Å²) in [5.74, 6) is -0.298. The lowest BCUT2D eigenvalue weighted by Gasteiger charge is -2.42. The van der Waals surface area contributed by atoms with E-state index in [9.17, 15) is 4.79 Å². The molecule has 1 heterocycles. The molecule has 2 aromatic carbocycles. The van der Waals surface area contributed by atoms with Crippen molar-refractivity contribution in [2.45, 2.75) is 25.9 Å². The van der Waals surface area contributed by atoms with E-state index in [1.165, 1.54) is 12.8 Å². The average Bonchev–Trinajstić information content (AvgIpc) is 2.53. The van der Waals surface area contributed by atoms with Crippen LogP contribution in [0.3, 0.4) is 0 Å². The van der Waals surface area contributed by atoms with Crippen LogP contribution in [-0.2, 0) is 11.3 Å². The molecule has 0 aliphatic carbocycles. The second kappa shape index (κ2) is 5.95. The van der Waals surface area contributed by atoms with Crippen LogP contribution in [0.2, 0.25) is 0 Å². The highest BCUT2D eigenvalue weighted by atomic mass is 16.5. The van der Waals surface area contributed by atoms with Crippen molar-refractivity contribution in [1.82, 2.24) is 0 Å². The molecule has 0 saturated carbocycles. The minimum atomic E-state index is -0.298. The van der Waals surface area contributed by atoms with Gasteiger partial charge in [-0.05, 0) is 43.7 Å². The maximum atomic E-state index is 11.7. The van der Waals surface area contributed by atoms with E-state index in [-0.39, 0.29) is 11.5 Å². The van der Waals surface area contributed by atoms with Crippen LogP contribution in [0.5, 0.6) is 0 Å². The van der Waals surface area contributed by atoms with Crippen LogP contribution >= 0.6 is 0 Å². The second-order valence-corrected chi connectivity index (χ2v) is 6.57. The molecular weight excluding hydrogens is 288 g/mol. The van der Waals surface area contributed by atoms with Crippen LogP contribution in [0.15, 0.2) is 48.5 Å². The average molecular weight is 310 g/mol. The number of anilines is 2. The number of esters is 1. The van der Waals surface area contributed by atoms with Crippen LogP contribution < -0.4 is 10.2 Å². The molecule has 4 nitrogen and oxygen atoms in total. The SMILES string of the molecule is COC(=O)c1cccc(CN2CC(C)(C)Nc3ccccc32)c1. The Kier molecular flexibility index (Phi) is 3.99. The summed E-state index contributed by atoms with van der Waals surface area (Å²) in [6.07, 6.45) is 0. The molecule has 0 spiro atoms. The molecule has 3 rings (SSSR count). The number of nitrogens with one attached hydrogen (secondary N) is 1. The molecule has 0 radical (unpaired) electrons. The van der Waals surface area contributed by atoms with Crippen molar-refractivity contribution in [3.8, 4) is 0 Å². The third kappa shape index (κ3) is 3.31. The fourth-order valence-corrected chi connectivity index (χ4v) is 3.10. The van der Waals surface area contributed by atoms with Gasteiger partial charge < -0.3 is 15.0 Å². The quantitative estimate of drug-likeness (QED) is 0.878. The van der Waals surface area contributed by atoms with Gasteiger partial charge in [-0.25, -0.2) is 4.79 Å². The lowest BCUT2D eigenvalue weighted by Crippen LogP contribution is -2.48. The highest BCUT2D eigenvalue weighted by molar-refractivity contribution is 5.89. The minimum Gasteiger partial charge on any atom is -0.465 e. The Labute approximate surface area is 137 Å². The molecule has 1 aliphatic rings. The van der Waals surface area contributed by atoms with Gasteiger partial charge >= 0.3 is 5.97 Å². The van der Waals surface area contributed by atoms with Gasteiger partial charge in [-0.1, -0.05) is 24.3 Å². The van der Waals surface area contributed by atoms with Gasteiger partial charge in [0.2, 0.25) is 0 Å². The number of nitrogens with zero attached hydrogens (tertiary/aromatic N) is 1. The van der Waals surface area contributed by atoms with E-state index in [1.807, 2.05) is 24.3 Å². The number of rotatable bonds is 3. The van der Waals surface area contributed by atoms with Gasteiger partial charge in [0, 0.05) is 18.6 Å². The van der Waals surface area contributed by atoms with Crippen molar-refractivity contribution < 1.29 is 9.53 Å². The molecule has 0 atom stereocenters. The van der Waals surface area contributed by atoms with Crippen molar-refractivity contribution in [2.24, 2.45) is 0 Å². The Balaban J connectivity index is 1.89. The largest absolute Gasteiger partial charge is 0.465 e. The number of para-hydroxylation sites is 2. The zero-order chi connectivity index (χ0) is 16.4. The van der Waals surface area contributed by atoms with Gasteiger partial charge in [-0.3, -0.25) is 0 Å². The van der Waals surface area contributed by atoms with Crippen molar-refractivity contribution in [3.05, 3.63) is 59.7 Å². The molecule has 120 valence electrons. The maximum absolute atomic E-state index is 11.7. The van der Waals surface area contributed by atoms with Crippen LogP contribution in [0.1, 0.15) is 29.8 Å². The summed E-state index contributed by atoms with van der Waals surface area (Å²) in [7, 11) is 1.41. The summed E-state index contributed by atoms with van der Waals surface area (Å²) in [5.41, 5.74) is 4.02. The highest BCUT2D eigenvalue weighted by Crippen LogP contribution is 2.35. The van der Waals surface area contributed by atoms with E-state index in [0.29, 0.717) is 5.56 Å². The minimum absolute atomic E-state index is 0.00564.